The number of benzene rings is 1. The Kier molecular flexibility index (Phi) is 5.58. The van der Waals surface area contributed by atoms with Gasteiger partial charge < -0.3 is 19.1 Å². The number of carbonyl (C=O) groups is 2. The van der Waals surface area contributed by atoms with Gasteiger partial charge >= 0.3 is 0 Å². The highest BCUT2D eigenvalue weighted by atomic mass is 16.3. The number of hydrogen-bond donors (Lipinski definition) is 0. The number of aryl methyl sites for hydroxylation is 1. The normalized spacial score (nSPS) is 22.9. The number of hydrogen-bond acceptors (Lipinski definition) is 4. The van der Waals surface area contributed by atoms with Crippen LogP contribution in [-0.2, 0) is 10.2 Å². The summed E-state index contributed by atoms with van der Waals surface area (Å²) in [6.45, 7) is 6.94. The summed E-state index contributed by atoms with van der Waals surface area (Å²) in [6, 6.07) is 10.5. The monoisotopic (exact) mass is 435 g/mol. The molecule has 1 aromatic carbocycles. The third-order valence-corrected chi connectivity index (χ3v) is 7.95. The van der Waals surface area contributed by atoms with Crippen molar-refractivity contribution in [2.75, 3.05) is 46.3 Å². The number of likely N-dealkylation sites (tertiary alicyclic amines) is 1. The number of fused-ring (bicyclic) bond motifs is 2. The maximum atomic E-state index is 13.1. The average Bonchev–Trinajstić information content (AvgIpc) is 3.36. The summed E-state index contributed by atoms with van der Waals surface area (Å²) in [6.07, 6.45) is 5.07. The number of rotatable bonds is 3. The second-order valence-corrected chi connectivity index (χ2v) is 9.88. The lowest BCUT2D eigenvalue weighted by Crippen LogP contribution is -2.47. The van der Waals surface area contributed by atoms with E-state index in [4.69, 9.17) is 4.42 Å². The Balaban J connectivity index is 1.29. The molecule has 0 radical (unpaired) electrons. The molecule has 1 spiro atoms. The van der Waals surface area contributed by atoms with Crippen molar-refractivity contribution in [1.82, 2.24) is 14.7 Å². The molecule has 1 atom stereocenters. The first-order valence-corrected chi connectivity index (χ1v) is 11.9. The fourth-order valence-electron chi connectivity index (χ4n) is 5.95. The van der Waals surface area contributed by atoms with Crippen LogP contribution in [0.15, 0.2) is 41.0 Å². The Morgan fingerprint density at radius 1 is 1.00 bits per heavy atom. The lowest BCUT2D eigenvalue weighted by Gasteiger charge is -2.40. The topological polar surface area (TPSA) is 57.0 Å². The SMILES string of the molecule is Cc1ccoc1C(=O)N1CCC2(CC1)CC(CC(=O)N1CCN(C)CC1)c1ccccc12. The van der Waals surface area contributed by atoms with Crippen LogP contribution < -0.4 is 0 Å². The summed E-state index contributed by atoms with van der Waals surface area (Å²) >= 11 is 0. The third kappa shape index (κ3) is 3.75. The Hall–Kier alpha value is -2.60. The lowest BCUT2D eigenvalue weighted by atomic mass is 9.73. The first-order valence-electron chi connectivity index (χ1n) is 11.9. The molecule has 2 aliphatic heterocycles. The molecule has 5 rings (SSSR count). The van der Waals surface area contributed by atoms with Crippen LogP contribution in [-0.4, -0.2) is 72.8 Å². The van der Waals surface area contributed by atoms with Gasteiger partial charge in [0.05, 0.1) is 6.26 Å². The van der Waals surface area contributed by atoms with E-state index in [1.165, 1.54) is 11.1 Å². The van der Waals surface area contributed by atoms with Crippen LogP contribution >= 0.6 is 0 Å². The maximum absolute atomic E-state index is 13.1. The van der Waals surface area contributed by atoms with Crippen molar-refractivity contribution in [2.45, 2.75) is 43.9 Å². The smallest absolute Gasteiger partial charge is 0.289 e. The maximum Gasteiger partial charge on any atom is 0.289 e. The van der Waals surface area contributed by atoms with Crippen LogP contribution in [0, 0.1) is 6.92 Å². The minimum absolute atomic E-state index is 0.00423. The van der Waals surface area contributed by atoms with Crippen LogP contribution in [0.3, 0.4) is 0 Å². The first kappa shape index (κ1) is 21.3. The van der Waals surface area contributed by atoms with Gasteiger partial charge in [-0.1, -0.05) is 24.3 Å². The molecule has 170 valence electrons. The van der Waals surface area contributed by atoms with Crippen LogP contribution in [0.4, 0.5) is 0 Å². The summed E-state index contributed by atoms with van der Waals surface area (Å²) in [5, 5.41) is 0. The molecule has 0 saturated carbocycles. The van der Waals surface area contributed by atoms with Crippen LogP contribution in [0.1, 0.15) is 58.8 Å². The quantitative estimate of drug-likeness (QED) is 0.741. The van der Waals surface area contributed by atoms with Crippen LogP contribution in [0.25, 0.3) is 0 Å². The fraction of sp³-hybridized carbons (Fsp3) is 0.538. The van der Waals surface area contributed by atoms with Crippen molar-refractivity contribution >= 4 is 11.8 Å². The molecule has 2 aromatic rings. The van der Waals surface area contributed by atoms with Crippen LogP contribution in [0.2, 0.25) is 0 Å². The van der Waals surface area contributed by atoms with E-state index < -0.39 is 0 Å². The Morgan fingerprint density at radius 3 is 2.41 bits per heavy atom. The summed E-state index contributed by atoms with van der Waals surface area (Å²) in [5.74, 6) is 1.02. The highest BCUT2D eigenvalue weighted by Gasteiger charge is 2.46. The summed E-state index contributed by atoms with van der Waals surface area (Å²) in [5.41, 5.74) is 3.71. The molecule has 0 N–H and O–H groups in total. The van der Waals surface area contributed by atoms with Crippen molar-refractivity contribution < 1.29 is 14.0 Å². The molecule has 2 fully saturated rings. The zero-order valence-corrected chi connectivity index (χ0v) is 19.2. The van der Waals surface area contributed by atoms with Gasteiger partial charge in [-0.15, -0.1) is 0 Å². The van der Waals surface area contributed by atoms with Crippen molar-refractivity contribution in [3.05, 3.63) is 59.0 Å². The van der Waals surface area contributed by atoms with Crippen molar-refractivity contribution in [3.8, 4) is 0 Å². The van der Waals surface area contributed by atoms with Crippen molar-refractivity contribution in [1.29, 1.82) is 0 Å². The number of furan rings is 1. The number of piperidine rings is 1. The average molecular weight is 436 g/mol. The number of piperazine rings is 1. The summed E-state index contributed by atoms with van der Waals surface area (Å²) in [7, 11) is 2.11. The second kappa shape index (κ2) is 8.39. The van der Waals surface area contributed by atoms with Gasteiger partial charge in [-0.2, -0.15) is 0 Å². The Bertz CT molecular complexity index is 997. The van der Waals surface area contributed by atoms with Crippen molar-refractivity contribution in [2.24, 2.45) is 0 Å². The van der Waals surface area contributed by atoms with E-state index in [9.17, 15) is 9.59 Å². The fourth-order valence-corrected chi connectivity index (χ4v) is 5.95. The predicted molar refractivity (Wildman–Crippen MR) is 123 cm³/mol. The van der Waals surface area contributed by atoms with E-state index in [-0.39, 0.29) is 23.1 Å². The van der Waals surface area contributed by atoms with Gasteiger partial charge in [0, 0.05) is 51.3 Å². The minimum atomic E-state index is -0.00423. The Labute approximate surface area is 190 Å². The van der Waals surface area contributed by atoms with Gasteiger partial charge in [-0.05, 0) is 61.8 Å². The van der Waals surface area contributed by atoms with Gasteiger partial charge in [-0.3, -0.25) is 9.59 Å². The van der Waals surface area contributed by atoms with Crippen molar-refractivity contribution in [3.63, 3.8) is 0 Å². The molecular weight excluding hydrogens is 402 g/mol. The van der Waals surface area contributed by atoms with Gasteiger partial charge in [-0.25, -0.2) is 0 Å². The minimum Gasteiger partial charge on any atom is -0.459 e. The number of amides is 2. The van der Waals surface area contributed by atoms with Gasteiger partial charge in [0.15, 0.2) is 5.76 Å². The zero-order valence-electron chi connectivity index (χ0n) is 19.2. The molecule has 2 amide bonds. The van der Waals surface area contributed by atoms with E-state index in [2.05, 4.69) is 36.2 Å². The number of likely N-dealkylation sites (N-methyl/N-ethyl adjacent to an activating group) is 1. The zero-order chi connectivity index (χ0) is 22.3. The molecule has 1 aromatic heterocycles. The van der Waals surface area contributed by atoms with E-state index in [0.717, 1.165) is 64.1 Å². The van der Waals surface area contributed by atoms with E-state index in [0.29, 0.717) is 12.2 Å². The molecule has 1 aliphatic carbocycles. The summed E-state index contributed by atoms with van der Waals surface area (Å²) in [4.78, 5) is 32.3. The lowest BCUT2D eigenvalue weighted by molar-refractivity contribution is -0.133. The molecular formula is C26H33N3O3. The molecule has 3 aliphatic rings. The van der Waals surface area contributed by atoms with E-state index >= 15 is 0 Å². The standard InChI is InChI=1S/C26H33N3O3/c1-19-7-16-32-24(19)25(31)29-10-8-26(9-11-29)18-20(21-5-3-4-6-22(21)26)17-23(30)28-14-12-27(2)13-15-28/h3-7,16,20H,8-15,17-18H2,1-2H3. The summed E-state index contributed by atoms with van der Waals surface area (Å²) < 4.78 is 5.44. The molecule has 6 nitrogen and oxygen atoms in total. The highest BCUT2D eigenvalue weighted by Crippen LogP contribution is 2.52. The van der Waals surface area contributed by atoms with Gasteiger partial charge in [0.2, 0.25) is 5.91 Å². The molecule has 3 heterocycles. The van der Waals surface area contributed by atoms with Gasteiger partial charge in [0.25, 0.3) is 5.91 Å². The molecule has 32 heavy (non-hydrogen) atoms. The molecule has 2 saturated heterocycles. The van der Waals surface area contributed by atoms with Crippen LogP contribution in [0.5, 0.6) is 0 Å². The second-order valence-electron chi connectivity index (χ2n) is 9.88. The molecule has 6 heteroatoms. The third-order valence-electron chi connectivity index (χ3n) is 7.95. The molecule has 0 bridgehead atoms. The number of nitrogens with zero attached hydrogens (tertiary/aromatic N) is 3. The highest BCUT2D eigenvalue weighted by molar-refractivity contribution is 5.93. The van der Waals surface area contributed by atoms with Gasteiger partial charge in [0.1, 0.15) is 0 Å². The largest absolute Gasteiger partial charge is 0.459 e. The van der Waals surface area contributed by atoms with E-state index in [1.54, 1.807) is 6.26 Å². The first-order chi connectivity index (χ1) is 15.5. The predicted octanol–water partition coefficient (Wildman–Crippen LogP) is 3.41. The number of carbonyl (C=O) groups excluding carboxylic acids is 2. The Morgan fingerprint density at radius 2 is 1.72 bits per heavy atom. The van der Waals surface area contributed by atoms with E-state index in [1.807, 2.05) is 22.8 Å². The molecule has 1 unspecified atom stereocenters.